The molecule has 3 heteroatoms. The van der Waals surface area contributed by atoms with Gasteiger partial charge in [-0.3, -0.25) is 4.79 Å². The summed E-state index contributed by atoms with van der Waals surface area (Å²) in [5.74, 6) is 1.12. The largest absolute Gasteiger partial charge is 0.499 e. The Morgan fingerprint density at radius 2 is 1.11 bits per heavy atom. The lowest BCUT2D eigenvalue weighted by atomic mass is 10.0. The zero-order valence-electron chi connectivity index (χ0n) is 21.7. The second-order valence-corrected chi connectivity index (χ2v) is 5.30. The van der Waals surface area contributed by atoms with E-state index in [1.165, 1.54) is 44.9 Å². The first-order chi connectivity index (χ1) is 13.6. The van der Waals surface area contributed by atoms with E-state index in [1.54, 1.807) is 11.8 Å². The van der Waals surface area contributed by atoms with Crippen molar-refractivity contribution in [3.8, 4) is 0 Å². The van der Waals surface area contributed by atoms with Gasteiger partial charge in [0.2, 0.25) is 5.91 Å². The quantitative estimate of drug-likeness (QED) is 0.461. The van der Waals surface area contributed by atoms with Gasteiger partial charge >= 0.3 is 0 Å². The molecule has 0 bridgehead atoms. The molecule has 0 aromatic heterocycles. The number of allylic oxidation sites excluding steroid dienone is 1. The van der Waals surface area contributed by atoms with Crippen molar-refractivity contribution in [2.75, 3.05) is 19.7 Å². The molecule has 0 aromatic carbocycles. The highest BCUT2D eigenvalue weighted by Crippen LogP contribution is 2.15. The summed E-state index contributed by atoms with van der Waals surface area (Å²) in [6.07, 6.45) is 11.2. The molecular weight excluding hydrogens is 346 g/mol. The molecule has 2 fully saturated rings. The third kappa shape index (κ3) is 36.0. The average Bonchev–Trinajstić information content (AvgIpc) is 3.27. The molecule has 1 aliphatic heterocycles. The van der Waals surface area contributed by atoms with Crippen molar-refractivity contribution in [2.24, 2.45) is 0 Å². The van der Waals surface area contributed by atoms with Gasteiger partial charge < -0.3 is 9.64 Å². The van der Waals surface area contributed by atoms with Crippen LogP contribution in [0.2, 0.25) is 0 Å². The molecule has 2 rings (SSSR count). The second kappa shape index (κ2) is 40.6. The predicted octanol–water partition coefficient (Wildman–Crippen LogP) is 8.63. The van der Waals surface area contributed by atoms with Gasteiger partial charge in [0.15, 0.2) is 0 Å². The Hall–Kier alpha value is -0.990. The third-order valence-corrected chi connectivity index (χ3v) is 3.61. The molecule has 1 saturated carbocycles. The Bertz CT molecular complexity index is 238. The van der Waals surface area contributed by atoms with Crippen LogP contribution in [0.5, 0.6) is 0 Å². The van der Waals surface area contributed by atoms with Gasteiger partial charge in [-0.25, -0.2) is 0 Å². The van der Waals surface area contributed by atoms with Gasteiger partial charge in [-0.05, 0) is 20.3 Å². The summed E-state index contributed by atoms with van der Waals surface area (Å²) in [4.78, 5) is 12.3. The number of carbonyl (C=O) groups is 1. The Labute approximate surface area is 180 Å². The van der Waals surface area contributed by atoms with Gasteiger partial charge in [0, 0.05) is 26.4 Å². The lowest BCUT2D eigenvalue weighted by molar-refractivity contribution is -0.128. The van der Waals surface area contributed by atoms with E-state index in [9.17, 15) is 4.79 Å². The molecule has 0 atom stereocenters. The Morgan fingerprint density at radius 1 is 0.786 bits per heavy atom. The number of amides is 1. The summed E-state index contributed by atoms with van der Waals surface area (Å²) < 4.78 is 4.96. The van der Waals surface area contributed by atoms with Gasteiger partial charge in [-0.2, -0.15) is 0 Å². The van der Waals surface area contributed by atoms with Crippen LogP contribution in [0, 0.1) is 0 Å². The Morgan fingerprint density at radius 3 is 1.18 bits per heavy atom. The number of nitrogens with zero attached hydrogens (tertiary/aromatic N) is 1. The van der Waals surface area contributed by atoms with Crippen LogP contribution < -0.4 is 0 Å². The van der Waals surface area contributed by atoms with E-state index in [4.69, 9.17) is 4.74 Å². The van der Waals surface area contributed by atoms with Crippen LogP contribution >= 0.6 is 0 Å². The highest BCUT2D eigenvalue weighted by atomic mass is 16.5. The fourth-order valence-electron chi connectivity index (χ4n) is 2.29. The van der Waals surface area contributed by atoms with Crippen LogP contribution in [0.1, 0.15) is 128 Å². The Balaban J connectivity index is -0.0000000804. The molecule has 0 aromatic rings. The predicted molar refractivity (Wildman–Crippen MR) is 131 cm³/mol. The molecule has 1 aliphatic carbocycles. The van der Waals surface area contributed by atoms with E-state index in [2.05, 4.69) is 6.58 Å². The van der Waals surface area contributed by atoms with Crippen LogP contribution in [-0.2, 0) is 9.53 Å². The number of ether oxygens (including phenoxy) is 1. The highest BCUT2D eigenvalue weighted by molar-refractivity contribution is 5.73. The summed E-state index contributed by atoms with van der Waals surface area (Å²) in [6.45, 7) is 27.7. The molecule has 1 heterocycles. The smallest absolute Gasteiger partial charge is 0.219 e. The lowest BCUT2D eigenvalue weighted by Crippen LogP contribution is -2.27. The molecular formula is C25H57NO2. The SMILES string of the molecule is C1CCCCC1.C=C1CCCO1.CC.CC.CC.CC.CCN(CC)C(C)=O. The Kier molecular flexibility index (Phi) is 54.7. The van der Waals surface area contributed by atoms with Crippen LogP contribution in [0.3, 0.4) is 0 Å². The van der Waals surface area contributed by atoms with Crippen LogP contribution in [0.4, 0.5) is 0 Å². The normalized spacial score (nSPS) is 13.0. The fourth-order valence-corrected chi connectivity index (χ4v) is 2.29. The molecule has 0 N–H and O–H groups in total. The number of hydrogen-bond donors (Lipinski definition) is 0. The highest BCUT2D eigenvalue weighted by Gasteiger charge is 2.01. The molecule has 1 amide bonds. The maximum absolute atomic E-state index is 10.5. The second-order valence-electron chi connectivity index (χ2n) is 5.30. The zero-order chi connectivity index (χ0) is 23.2. The average molecular weight is 404 g/mol. The molecule has 1 saturated heterocycles. The van der Waals surface area contributed by atoms with Gasteiger partial charge in [-0.1, -0.05) is 100 Å². The minimum atomic E-state index is 0.162. The standard InChI is InChI=1S/C6H13NO.C6H12.C5H8O.4C2H6/c1-4-7(5-2)6(3)8;1-2-4-6-5-3-1;1-5-3-2-4-6-5;4*1-2/h4-5H2,1-3H3;1-6H2;1-4H2;4*1-2H3. The first-order valence-corrected chi connectivity index (χ1v) is 12.2. The van der Waals surface area contributed by atoms with Crippen molar-refractivity contribution < 1.29 is 9.53 Å². The fraction of sp³-hybridized carbons (Fsp3) is 0.880. The third-order valence-electron chi connectivity index (χ3n) is 3.61. The molecule has 174 valence electrons. The van der Waals surface area contributed by atoms with Crippen LogP contribution in [-0.4, -0.2) is 30.5 Å². The molecule has 2 aliphatic rings. The monoisotopic (exact) mass is 403 g/mol. The number of rotatable bonds is 2. The summed E-state index contributed by atoms with van der Waals surface area (Å²) in [5, 5.41) is 0. The topological polar surface area (TPSA) is 29.5 Å². The summed E-state index contributed by atoms with van der Waals surface area (Å²) in [7, 11) is 0. The zero-order valence-corrected chi connectivity index (χ0v) is 21.7. The van der Waals surface area contributed by atoms with E-state index in [1.807, 2.05) is 69.2 Å². The van der Waals surface area contributed by atoms with Gasteiger partial charge in [0.25, 0.3) is 0 Å². The van der Waals surface area contributed by atoms with Crippen LogP contribution in [0.15, 0.2) is 12.3 Å². The van der Waals surface area contributed by atoms with Crippen molar-refractivity contribution in [2.45, 2.75) is 128 Å². The van der Waals surface area contributed by atoms with Crippen molar-refractivity contribution in [3.05, 3.63) is 12.3 Å². The van der Waals surface area contributed by atoms with E-state index >= 15 is 0 Å². The van der Waals surface area contributed by atoms with E-state index in [0.29, 0.717) is 0 Å². The molecule has 28 heavy (non-hydrogen) atoms. The van der Waals surface area contributed by atoms with Crippen molar-refractivity contribution in [3.63, 3.8) is 0 Å². The van der Waals surface area contributed by atoms with Gasteiger partial charge in [0.05, 0.1) is 12.4 Å². The van der Waals surface area contributed by atoms with Crippen LogP contribution in [0.25, 0.3) is 0 Å². The number of carbonyl (C=O) groups excluding carboxylic acids is 1. The van der Waals surface area contributed by atoms with Gasteiger partial charge in [0.1, 0.15) is 0 Å². The summed E-state index contributed by atoms with van der Waals surface area (Å²) >= 11 is 0. The first-order valence-electron chi connectivity index (χ1n) is 12.2. The minimum Gasteiger partial charge on any atom is -0.499 e. The lowest BCUT2D eigenvalue weighted by Gasteiger charge is -2.14. The van der Waals surface area contributed by atoms with Crippen molar-refractivity contribution in [1.29, 1.82) is 0 Å². The summed E-state index contributed by atoms with van der Waals surface area (Å²) in [6, 6.07) is 0. The van der Waals surface area contributed by atoms with Gasteiger partial charge in [-0.15, -0.1) is 0 Å². The molecule has 0 spiro atoms. The molecule has 0 unspecified atom stereocenters. The summed E-state index contributed by atoms with van der Waals surface area (Å²) in [5.41, 5.74) is 0. The first kappa shape index (κ1) is 37.7. The molecule has 0 radical (unpaired) electrons. The minimum absolute atomic E-state index is 0.162. The maximum atomic E-state index is 10.5. The molecule has 3 nitrogen and oxygen atoms in total. The van der Waals surface area contributed by atoms with E-state index in [-0.39, 0.29) is 5.91 Å². The van der Waals surface area contributed by atoms with E-state index < -0.39 is 0 Å². The van der Waals surface area contributed by atoms with Crippen molar-refractivity contribution >= 4 is 5.91 Å². The number of hydrogen-bond acceptors (Lipinski definition) is 2. The maximum Gasteiger partial charge on any atom is 0.219 e. The van der Waals surface area contributed by atoms with Crippen molar-refractivity contribution in [1.82, 2.24) is 4.90 Å². The van der Waals surface area contributed by atoms with E-state index in [0.717, 1.165) is 31.9 Å².